The lowest BCUT2D eigenvalue weighted by molar-refractivity contribution is 0.476. The highest BCUT2D eigenvalue weighted by Gasteiger charge is 2.09. The van der Waals surface area contributed by atoms with E-state index >= 15 is 0 Å². The molecule has 102 valence electrons. The molecule has 2 aromatic heterocycles. The van der Waals surface area contributed by atoms with Crippen LogP contribution in [0.1, 0.15) is 17.1 Å². The Labute approximate surface area is 124 Å². The second-order valence-electron chi connectivity index (χ2n) is 4.45. The number of rotatable bonds is 1. The van der Waals surface area contributed by atoms with Crippen LogP contribution in [0, 0.1) is 13.8 Å². The molecule has 3 aromatic rings. The summed E-state index contributed by atoms with van der Waals surface area (Å²) in [6.07, 6.45) is 1.86. The number of hydrogen-bond acceptors (Lipinski definition) is 4. The van der Waals surface area contributed by atoms with Gasteiger partial charge in [0.15, 0.2) is 11.4 Å². The molecule has 0 aliphatic rings. The van der Waals surface area contributed by atoms with E-state index in [1.807, 2.05) is 19.9 Å². The van der Waals surface area contributed by atoms with Gasteiger partial charge in [0.05, 0.1) is 15.7 Å². The standard InChI is InChI=1S/C13H10Cl2N4O/c1-6-9(13-16-7(2)18-19(13)17-6)3-8-4-10(14)12(20)11(15)5-8/h3-5,20H,1-2H3. The zero-order valence-corrected chi connectivity index (χ0v) is 12.2. The summed E-state index contributed by atoms with van der Waals surface area (Å²) < 4.78 is 1.50. The lowest BCUT2D eigenvalue weighted by Gasteiger charge is -2.01. The highest BCUT2D eigenvalue weighted by molar-refractivity contribution is 6.37. The molecule has 0 fully saturated rings. The van der Waals surface area contributed by atoms with Crippen LogP contribution in [0.2, 0.25) is 10.0 Å². The minimum Gasteiger partial charge on any atom is -0.505 e. The number of phenolic OH excluding ortho intramolecular Hbond substituents is 1. The van der Waals surface area contributed by atoms with Crippen LogP contribution >= 0.6 is 23.2 Å². The lowest BCUT2D eigenvalue weighted by atomic mass is 10.1. The number of benzene rings is 1. The van der Waals surface area contributed by atoms with Crippen molar-refractivity contribution in [2.45, 2.75) is 13.8 Å². The van der Waals surface area contributed by atoms with Crippen molar-refractivity contribution >= 4 is 34.9 Å². The Hall–Kier alpha value is -1.85. The molecule has 20 heavy (non-hydrogen) atoms. The molecule has 0 aliphatic heterocycles. The summed E-state index contributed by atoms with van der Waals surface area (Å²) >= 11 is 11.8. The highest BCUT2D eigenvalue weighted by atomic mass is 35.5. The quantitative estimate of drug-likeness (QED) is 0.749. The van der Waals surface area contributed by atoms with Crippen LogP contribution in [0.3, 0.4) is 0 Å². The number of aromatic hydroxyl groups is 1. The predicted octanol–water partition coefficient (Wildman–Crippen LogP) is 2.30. The zero-order valence-electron chi connectivity index (χ0n) is 10.7. The third kappa shape index (κ3) is 2.09. The molecule has 0 radical (unpaired) electrons. The topological polar surface area (TPSA) is 63.3 Å². The van der Waals surface area contributed by atoms with Gasteiger partial charge >= 0.3 is 0 Å². The second-order valence-corrected chi connectivity index (χ2v) is 5.26. The first-order chi connectivity index (χ1) is 9.45. The number of hydrogen-bond donors (Lipinski definition) is 1. The van der Waals surface area contributed by atoms with Crippen LogP contribution in [0.4, 0.5) is 0 Å². The fourth-order valence-electron chi connectivity index (χ4n) is 2.00. The Balaban J connectivity index is 2.26. The van der Waals surface area contributed by atoms with Crippen LogP contribution in [0.5, 0.6) is 5.75 Å². The maximum atomic E-state index is 9.57. The molecule has 1 N–H and O–H groups in total. The van der Waals surface area contributed by atoms with Crippen molar-refractivity contribution < 1.29 is 5.11 Å². The minimum atomic E-state index is -0.119. The maximum Gasteiger partial charge on any atom is 0.185 e. The van der Waals surface area contributed by atoms with E-state index in [0.717, 1.165) is 16.5 Å². The molecule has 0 amide bonds. The predicted molar refractivity (Wildman–Crippen MR) is 77.2 cm³/mol. The normalized spacial score (nSPS) is 12.5. The first-order valence-corrected chi connectivity index (χ1v) is 6.61. The van der Waals surface area contributed by atoms with Crippen LogP contribution in [-0.2, 0) is 0 Å². The van der Waals surface area contributed by atoms with Crippen LogP contribution < -0.4 is 5.22 Å². The van der Waals surface area contributed by atoms with Crippen molar-refractivity contribution in [3.8, 4) is 5.75 Å². The highest BCUT2D eigenvalue weighted by Crippen LogP contribution is 2.32. The first kappa shape index (κ1) is 13.1. The molecule has 0 saturated heterocycles. The minimum absolute atomic E-state index is 0.119. The average molecular weight is 309 g/mol. The summed E-state index contributed by atoms with van der Waals surface area (Å²) in [5.74, 6) is 0.537. The van der Waals surface area contributed by atoms with Crippen molar-refractivity contribution in [2.75, 3.05) is 0 Å². The van der Waals surface area contributed by atoms with E-state index in [2.05, 4.69) is 15.2 Å². The lowest BCUT2D eigenvalue weighted by Crippen LogP contribution is -2.03. The second kappa shape index (κ2) is 4.61. The molecular formula is C13H10Cl2N4O. The van der Waals surface area contributed by atoms with Gasteiger partial charge in [-0.15, -0.1) is 9.73 Å². The smallest absolute Gasteiger partial charge is 0.185 e. The number of aryl methyl sites for hydroxylation is 2. The zero-order chi connectivity index (χ0) is 14.4. The Kier molecular flexibility index (Phi) is 3.03. The molecule has 0 bridgehead atoms. The third-order valence-electron chi connectivity index (χ3n) is 2.92. The van der Waals surface area contributed by atoms with Gasteiger partial charge in [-0.3, -0.25) is 0 Å². The molecule has 1 aromatic carbocycles. The van der Waals surface area contributed by atoms with Gasteiger partial charge in [0, 0.05) is 5.22 Å². The van der Waals surface area contributed by atoms with Crippen LogP contribution in [0.15, 0.2) is 12.1 Å². The summed E-state index contributed by atoms with van der Waals surface area (Å²) in [5.41, 5.74) is 2.25. The molecule has 3 rings (SSSR count). The van der Waals surface area contributed by atoms with Gasteiger partial charge < -0.3 is 5.11 Å². The van der Waals surface area contributed by atoms with Gasteiger partial charge in [-0.05, 0) is 37.6 Å². The Bertz CT molecular complexity index is 849. The van der Waals surface area contributed by atoms with Crippen molar-refractivity contribution in [1.82, 2.24) is 19.8 Å². The summed E-state index contributed by atoms with van der Waals surface area (Å²) in [6, 6.07) is 3.27. The number of fused-ring (bicyclic) bond motifs is 1. The van der Waals surface area contributed by atoms with E-state index in [9.17, 15) is 5.11 Å². The number of phenols is 1. The van der Waals surface area contributed by atoms with Crippen LogP contribution in [0.25, 0.3) is 11.7 Å². The SMILES string of the molecule is Cc1nc2c(=Cc3cc(Cl)c(O)c(Cl)c3)c(C)nn2n1. The van der Waals surface area contributed by atoms with Gasteiger partial charge in [0.25, 0.3) is 0 Å². The molecule has 5 nitrogen and oxygen atoms in total. The average Bonchev–Trinajstić information content (AvgIpc) is 2.84. The molecule has 2 heterocycles. The molecule has 0 aliphatic carbocycles. The Morgan fingerprint density at radius 1 is 1.15 bits per heavy atom. The van der Waals surface area contributed by atoms with Crippen molar-refractivity contribution in [1.29, 1.82) is 0 Å². The number of aromatic nitrogens is 4. The molecule has 7 heteroatoms. The van der Waals surface area contributed by atoms with Crippen LogP contribution in [-0.4, -0.2) is 24.9 Å². The number of halogens is 2. The van der Waals surface area contributed by atoms with Crippen molar-refractivity contribution in [2.24, 2.45) is 0 Å². The van der Waals surface area contributed by atoms with E-state index in [0.29, 0.717) is 11.5 Å². The van der Waals surface area contributed by atoms with E-state index in [1.54, 1.807) is 12.1 Å². The van der Waals surface area contributed by atoms with Gasteiger partial charge in [-0.2, -0.15) is 5.10 Å². The summed E-state index contributed by atoms with van der Waals surface area (Å²) in [5, 5.41) is 19.3. The summed E-state index contributed by atoms with van der Waals surface area (Å²) in [4.78, 5) is 4.34. The molecule has 0 saturated carbocycles. The Morgan fingerprint density at radius 3 is 2.45 bits per heavy atom. The summed E-state index contributed by atoms with van der Waals surface area (Å²) in [6.45, 7) is 3.68. The third-order valence-corrected chi connectivity index (χ3v) is 3.50. The van der Waals surface area contributed by atoms with E-state index < -0.39 is 0 Å². The number of nitrogens with zero attached hydrogens (tertiary/aromatic N) is 4. The fraction of sp³-hybridized carbons (Fsp3) is 0.154. The van der Waals surface area contributed by atoms with Gasteiger partial charge in [-0.1, -0.05) is 23.2 Å². The first-order valence-electron chi connectivity index (χ1n) is 5.85. The molecule has 0 atom stereocenters. The van der Waals surface area contributed by atoms with E-state index in [4.69, 9.17) is 23.2 Å². The molecular weight excluding hydrogens is 299 g/mol. The monoisotopic (exact) mass is 308 g/mol. The molecule has 0 unspecified atom stereocenters. The van der Waals surface area contributed by atoms with Gasteiger partial charge in [-0.25, -0.2) is 4.98 Å². The summed E-state index contributed by atoms with van der Waals surface area (Å²) in [7, 11) is 0. The Morgan fingerprint density at radius 2 is 1.80 bits per heavy atom. The van der Waals surface area contributed by atoms with E-state index in [1.165, 1.54) is 4.63 Å². The van der Waals surface area contributed by atoms with Crippen molar-refractivity contribution in [3.63, 3.8) is 0 Å². The fourth-order valence-corrected chi connectivity index (χ4v) is 2.51. The van der Waals surface area contributed by atoms with Gasteiger partial charge in [0.2, 0.25) is 0 Å². The van der Waals surface area contributed by atoms with Gasteiger partial charge in [0.1, 0.15) is 5.82 Å². The molecule has 0 spiro atoms. The van der Waals surface area contributed by atoms with Crippen molar-refractivity contribution in [3.05, 3.63) is 44.5 Å². The maximum absolute atomic E-state index is 9.57. The largest absolute Gasteiger partial charge is 0.505 e. The van der Waals surface area contributed by atoms with E-state index in [-0.39, 0.29) is 15.8 Å².